The van der Waals surface area contributed by atoms with Crippen molar-refractivity contribution in [1.29, 1.82) is 0 Å². The maximum Gasteiger partial charge on any atom is 0.280 e. The smallest absolute Gasteiger partial charge is 0.280 e. The van der Waals surface area contributed by atoms with Gasteiger partial charge in [0.05, 0.1) is 19.9 Å². The second-order valence-electron chi connectivity index (χ2n) is 4.47. The molecule has 0 unspecified atom stereocenters. The van der Waals surface area contributed by atoms with Crippen molar-refractivity contribution >= 4 is 11.8 Å². The van der Waals surface area contributed by atoms with E-state index in [9.17, 15) is 8.78 Å². The van der Waals surface area contributed by atoms with Crippen LogP contribution in [-0.4, -0.2) is 36.5 Å². The van der Waals surface area contributed by atoms with E-state index in [0.29, 0.717) is 35.1 Å². The summed E-state index contributed by atoms with van der Waals surface area (Å²) >= 11 is 1.24. The first kappa shape index (κ1) is 17.4. The third-order valence-corrected chi connectivity index (χ3v) is 3.86. The van der Waals surface area contributed by atoms with Crippen molar-refractivity contribution in [2.24, 2.45) is 5.73 Å². The summed E-state index contributed by atoms with van der Waals surface area (Å²) in [5, 5.41) is 0.276. The summed E-state index contributed by atoms with van der Waals surface area (Å²) in [6.07, 6.45) is -2.67. The molecule has 0 fully saturated rings. The Bertz CT molecular complexity index is 671. The van der Waals surface area contributed by atoms with Crippen molar-refractivity contribution in [1.82, 2.24) is 9.97 Å². The molecule has 2 N–H and O–H groups in total. The molecule has 0 radical (unpaired) electrons. The number of aromatic nitrogens is 2. The molecule has 0 spiro atoms. The number of hydrogen-bond acceptors (Lipinski definition) is 6. The molecule has 8 heteroatoms. The number of benzene rings is 1. The molecular formula is C15H17F2N3O2S. The highest BCUT2D eigenvalue weighted by molar-refractivity contribution is 7.99. The van der Waals surface area contributed by atoms with Gasteiger partial charge >= 0.3 is 0 Å². The van der Waals surface area contributed by atoms with Gasteiger partial charge in [0.25, 0.3) is 6.43 Å². The Balaban J connectivity index is 2.46. The number of halogens is 2. The molecule has 1 aromatic carbocycles. The van der Waals surface area contributed by atoms with E-state index in [1.54, 1.807) is 18.2 Å². The van der Waals surface area contributed by atoms with Crippen molar-refractivity contribution in [3.05, 3.63) is 30.0 Å². The van der Waals surface area contributed by atoms with E-state index in [-0.39, 0.29) is 10.9 Å². The summed E-state index contributed by atoms with van der Waals surface area (Å²) in [5.74, 6) is 1.61. The summed E-state index contributed by atoms with van der Waals surface area (Å²) in [6.45, 7) is 0.415. The van der Waals surface area contributed by atoms with Crippen LogP contribution in [0.4, 0.5) is 8.78 Å². The highest BCUT2D eigenvalue weighted by atomic mass is 32.2. The fourth-order valence-corrected chi connectivity index (χ4v) is 2.55. The molecule has 0 aliphatic rings. The predicted octanol–water partition coefficient (Wildman–Crippen LogP) is 3.15. The highest BCUT2D eigenvalue weighted by Crippen LogP contribution is 2.33. The quantitative estimate of drug-likeness (QED) is 0.616. The number of alkyl halides is 2. The Hall–Kier alpha value is -1.93. The van der Waals surface area contributed by atoms with E-state index >= 15 is 0 Å². The lowest BCUT2D eigenvalue weighted by Gasteiger charge is -2.11. The molecule has 2 aromatic rings. The van der Waals surface area contributed by atoms with Crippen molar-refractivity contribution in [3.63, 3.8) is 0 Å². The van der Waals surface area contributed by atoms with Crippen LogP contribution in [0.2, 0.25) is 0 Å². The molecule has 0 saturated carbocycles. The molecular weight excluding hydrogens is 324 g/mol. The molecule has 5 nitrogen and oxygen atoms in total. The minimum Gasteiger partial charge on any atom is -0.493 e. The fraction of sp³-hybridized carbons (Fsp3) is 0.333. The summed E-state index contributed by atoms with van der Waals surface area (Å²) in [4.78, 5) is 8.18. The van der Waals surface area contributed by atoms with Crippen LogP contribution < -0.4 is 15.2 Å². The molecule has 1 heterocycles. The Kier molecular flexibility index (Phi) is 6.12. The molecule has 0 bridgehead atoms. The maximum absolute atomic E-state index is 13.1. The van der Waals surface area contributed by atoms with Gasteiger partial charge in [0.1, 0.15) is 5.69 Å². The topological polar surface area (TPSA) is 70.3 Å². The number of ether oxygens (including phenoxy) is 2. The number of nitrogens with two attached hydrogens (primary N) is 1. The zero-order chi connectivity index (χ0) is 16.8. The Labute approximate surface area is 137 Å². The van der Waals surface area contributed by atoms with Crippen LogP contribution >= 0.6 is 11.8 Å². The van der Waals surface area contributed by atoms with Gasteiger partial charge in [0.2, 0.25) is 0 Å². The lowest BCUT2D eigenvalue weighted by molar-refractivity contribution is 0.145. The van der Waals surface area contributed by atoms with Crippen LogP contribution in [0.3, 0.4) is 0 Å². The van der Waals surface area contributed by atoms with Crippen LogP contribution in [0.15, 0.2) is 29.4 Å². The number of rotatable bonds is 7. The second kappa shape index (κ2) is 8.07. The summed E-state index contributed by atoms with van der Waals surface area (Å²) in [6, 6.07) is 6.40. The average Bonchev–Trinajstić information content (AvgIpc) is 2.58. The largest absolute Gasteiger partial charge is 0.493 e. The van der Waals surface area contributed by atoms with Crippen molar-refractivity contribution in [3.8, 4) is 22.8 Å². The van der Waals surface area contributed by atoms with Crippen LogP contribution in [-0.2, 0) is 0 Å². The second-order valence-corrected chi connectivity index (χ2v) is 5.53. The molecule has 124 valence electrons. The lowest BCUT2D eigenvalue weighted by Crippen LogP contribution is -2.04. The molecule has 0 aliphatic heterocycles. The summed E-state index contributed by atoms with van der Waals surface area (Å²) < 4.78 is 36.5. The van der Waals surface area contributed by atoms with Gasteiger partial charge in [-0.3, -0.25) is 0 Å². The van der Waals surface area contributed by atoms with Gasteiger partial charge in [-0.15, -0.1) is 0 Å². The van der Waals surface area contributed by atoms with Gasteiger partial charge in [0.15, 0.2) is 16.7 Å². The minimum absolute atomic E-state index is 0.276. The van der Waals surface area contributed by atoms with Gasteiger partial charge in [-0.1, -0.05) is 11.8 Å². The number of thioether (sulfide) groups is 1. The SMILES string of the molecule is COc1ccc(-c2cc(C(F)F)nc(SCCN)n2)cc1OC. The van der Waals surface area contributed by atoms with E-state index in [4.69, 9.17) is 15.2 Å². The van der Waals surface area contributed by atoms with Gasteiger partial charge in [-0.25, -0.2) is 18.7 Å². The lowest BCUT2D eigenvalue weighted by atomic mass is 10.1. The van der Waals surface area contributed by atoms with Crippen molar-refractivity contribution < 1.29 is 18.3 Å². The van der Waals surface area contributed by atoms with Gasteiger partial charge in [0, 0.05) is 17.9 Å². The minimum atomic E-state index is -2.67. The molecule has 0 aliphatic carbocycles. The number of methoxy groups -OCH3 is 2. The van der Waals surface area contributed by atoms with Crippen molar-refractivity contribution in [2.75, 3.05) is 26.5 Å². The van der Waals surface area contributed by atoms with Crippen molar-refractivity contribution in [2.45, 2.75) is 11.6 Å². The molecule has 0 atom stereocenters. The number of hydrogen-bond donors (Lipinski definition) is 1. The van der Waals surface area contributed by atoms with E-state index in [1.807, 2.05) is 0 Å². The van der Waals surface area contributed by atoms with Gasteiger partial charge in [-0.05, 0) is 24.3 Å². The van der Waals surface area contributed by atoms with Gasteiger partial charge in [-0.2, -0.15) is 0 Å². The molecule has 0 amide bonds. The Morgan fingerprint density at radius 1 is 1.13 bits per heavy atom. The van der Waals surface area contributed by atoms with Crippen LogP contribution in [0.1, 0.15) is 12.1 Å². The van der Waals surface area contributed by atoms with Gasteiger partial charge < -0.3 is 15.2 Å². The first-order valence-electron chi connectivity index (χ1n) is 6.81. The third kappa shape index (κ3) is 4.29. The average molecular weight is 341 g/mol. The zero-order valence-corrected chi connectivity index (χ0v) is 13.6. The van der Waals surface area contributed by atoms with Crippen LogP contribution in [0, 0.1) is 0 Å². The summed E-state index contributed by atoms with van der Waals surface area (Å²) in [5.41, 5.74) is 6.16. The molecule has 1 aromatic heterocycles. The monoisotopic (exact) mass is 341 g/mol. The maximum atomic E-state index is 13.1. The Morgan fingerprint density at radius 2 is 1.87 bits per heavy atom. The Morgan fingerprint density at radius 3 is 2.48 bits per heavy atom. The molecule has 2 rings (SSSR count). The van der Waals surface area contributed by atoms with E-state index in [0.717, 1.165) is 0 Å². The van der Waals surface area contributed by atoms with E-state index in [2.05, 4.69) is 9.97 Å². The third-order valence-electron chi connectivity index (χ3n) is 2.98. The van der Waals surface area contributed by atoms with E-state index in [1.165, 1.54) is 32.0 Å². The first-order valence-corrected chi connectivity index (χ1v) is 7.80. The highest BCUT2D eigenvalue weighted by Gasteiger charge is 2.15. The fourth-order valence-electron chi connectivity index (χ4n) is 1.91. The normalized spacial score (nSPS) is 10.9. The standard InChI is InChI=1S/C15H17F2N3O2S/c1-21-12-4-3-9(7-13(12)22-2)10-8-11(14(16)17)20-15(19-10)23-6-5-18/h3-4,7-8,14H,5-6,18H2,1-2H3. The first-order chi connectivity index (χ1) is 11.1. The van der Waals surface area contributed by atoms with Crippen LogP contribution in [0.5, 0.6) is 11.5 Å². The zero-order valence-electron chi connectivity index (χ0n) is 12.8. The predicted molar refractivity (Wildman–Crippen MR) is 85.3 cm³/mol. The summed E-state index contributed by atoms with van der Waals surface area (Å²) in [7, 11) is 3.04. The van der Waals surface area contributed by atoms with E-state index < -0.39 is 6.43 Å². The molecule has 0 saturated heterocycles. The number of nitrogens with zero attached hydrogens (tertiary/aromatic N) is 2. The molecule has 23 heavy (non-hydrogen) atoms. The van der Waals surface area contributed by atoms with Crippen LogP contribution in [0.25, 0.3) is 11.3 Å².